The molecular weight excluding hydrogens is 325 g/mol. The van der Waals surface area contributed by atoms with E-state index in [1.807, 2.05) is 0 Å². The van der Waals surface area contributed by atoms with Gasteiger partial charge in [-0.25, -0.2) is 13.4 Å². The molecule has 1 N–H and O–H groups in total. The number of carbonyl (C=O) groups excluding carboxylic acids is 1. The molecule has 10 heteroatoms. The molecule has 1 aromatic heterocycles. The lowest BCUT2D eigenvalue weighted by molar-refractivity contribution is -0.154. The monoisotopic (exact) mass is 336 g/mol. The Labute approximate surface area is 123 Å². The Kier molecular flexibility index (Phi) is 4.40. The second-order valence-electron chi connectivity index (χ2n) is 4.53. The topological polar surface area (TPSA) is 85.4 Å². The minimum absolute atomic E-state index is 0.0806. The smallest absolute Gasteiger partial charge is 0.422 e. The van der Waals surface area contributed by atoms with E-state index in [-0.39, 0.29) is 17.2 Å². The van der Waals surface area contributed by atoms with Crippen LogP contribution in [0.5, 0.6) is 5.88 Å². The third-order valence-electron chi connectivity index (χ3n) is 2.63. The number of carbonyl (C=O) groups is 1. The van der Waals surface area contributed by atoms with Gasteiger partial charge in [0, 0.05) is 17.7 Å². The van der Waals surface area contributed by atoms with Gasteiger partial charge in [0.15, 0.2) is 16.4 Å². The molecule has 6 nitrogen and oxygen atoms in total. The van der Waals surface area contributed by atoms with Crippen molar-refractivity contribution in [2.75, 3.05) is 12.4 Å². The molecule has 0 bridgehead atoms. The molecule has 0 radical (unpaired) electrons. The summed E-state index contributed by atoms with van der Waals surface area (Å²) in [5.74, 6) is -1.07. The minimum Gasteiger partial charge on any atom is -0.468 e. The summed E-state index contributed by atoms with van der Waals surface area (Å²) < 4.78 is 62.7. The zero-order chi connectivity index (χ0) is 16.4. The molecule has 0 saturated heterocycles. The number of alkyl halides is 3. The molecule has 1 aliphatic rings. The van der Waals surface area contributed by atoms with E-state index in [4.69, 9.17) is 0 Å². The van der Waals surface area contributed by atoms with Gasteiger partial charge in [-0.3, -0.25) is 4.79 Å². The van der Waals surface area contributed by atoms with Crippen molar-refractivity contribution < 1.29 is 31.1 Å². The fourth-order valence-electron chi connectivity index (χ4n) is 1.67. The Morgan fingerprint density at radius 1 is 1.41 bits per heavy atom. The molecule has 0 saturated carbocycles. The van der Waals surface area contributed by atoms with Crippen LogP contribution in [0, 0.1) is 0 Å². The zero-order valence-electron chi connectivity index (χ0n) is 11.0. The predicted octanol–water partition coefficient (Wildman–Crippen LogP) is 1.06. The van der Waals surface area contributed by atoms with Crippen LogP contribution in [0.15, 0.2) is 29.8 Å². The van der Waals surface area contributed by atoms with E-state index in [1.54, 1.807) is 0 Å². The van der Waals surface area contributed by atoms with Crippen molar-refractivity contribution in [2.45, 2.75) is 12.2 Å². The van der Waals surface area contributed by atoms with Crippen LogP contribution in [-0.2, 0) is 9.84 Å². The van der Waals surface area contributed by atoms with Gasteiger partial charge < -0.3 is 10.1 Å². The van der Waals surface area contributed by atoms with Crippen molar-refractivity contribution in [3.8, 4) is 5.88 Å². The molecule has 2 heterocycles. The first-order valence-electron chi connectivity index (χ1n) is 6.02. The quantitative estimate of drug-likeness (QED) is 0.889. The fourth-order valence-corrected chi connectivity index (χ4v) is 2.91. The summed E-state index contributed by atoms with van der Waals surface area (Å²) in [6.07, 6.45) is -2.08. The number of sulfone groups is 1. The summed E-state index contributed by atoms with van der Waals surface area (Å²) in [5, 5.41) is 3.48. The second kappa shape index (κ2) is 5.95. The molecule has 1 atom stereocenters. The second-order valence-corrected chi connectivity index (χ2v) is 6.46. The van der Waals surface area contributed by atoms with Crippen LogP contribution >= 0.6 is 0 Å². The summed E-state index contributed by atoms with van der Waals surface area (Å²) in [4.78, 5) is 15.4. The highest BCUT2D eigenvalue weighted by Gasteiger charge is 2.28. The largest absolute Gasteiger partial charge is 0.468 e. The van der Waals surface area contributed by atoms with E-state index >= 15 is 0 Å². The average Bonchev–Trinajstić information content (AvgIpc) is 2.75. The molecular formula is C12H11F3N2O4S. The van der Waals surface area contributed by atoms with Gasteiger partial charge in [-0.1, -0.05) is 0 Å². The van der Waals surface area contributed by atoms with Crippen LogP contribution in [0.1, 0.15) is 10.4 Å². The van der Waals surface area contributed by atoms with E-state index in [1.165, 1.54) is 12.1 Å². The van der Waals surface area contributed by atoms with Crippen LogP contribution in [-0.4, -0.2) is 43.9 Å². The van der Waals surface area contributed by atoms with Gasteiger partial charge in [0.1, 0.15) is 0 Å². The molecule has 1 unspecified atom stereocenters. The van der Waals surface area contributed by atoms with E-state index in [9.17, 15) is 26.4 Å². The lowest BCUT2D eigenvalue weighted by atomic mass is 10.2. The van der Waals surface area contributed by atoms with Crippen LogP contribution in [0.4, 0.5) is 13.2 Å². The van der Waals surface area contributed by atoms with Crippen LogP contribution in [0.2, 0.25) is 0 Å². The van der Waals surface area contributed by atoms with Crippen LogP contribution < -0.4 is 10.1 Å². The van der Waals surface area contributed by atoms with Gasteiger partial charge in [0.05, 0.1) is 17.4 Å². The first kappa shape index (κ1) is 16.3. The highest BCUT2D eigenvalue weighted by atomic mass is 32.2. The van der Waals surface area contributed by atoms with E-state index in [0.717, 1.165) is 17.7 Å². The van der Waals surface area contributed by atoms with Gasteiger partial charge in [0.25, 0.3) is 5.91 Å². The third-order valence-corrected chi connectivity index (χ3v) is 4.02. The number of ether oxygens (including phenoxy) is 1. The number of nitrogens with zero attached hydrogens (tertiary/aromatic N) is 1. The molecule has 0 fully saturated rings. The maximum absolute atomic E-state index is 12.0. The lowest BCUT2D eigenvalue weighted by Gasteiger charge is -2.11. The Hall–Kier alpha value is -2.10. The molecule has 1 aromatic rings. The predicted molar refractivity (Wildman–Crippen MR) is 70.0 cm³/mol. The molecule has 120 valence electrons. The maximum Gasteiger partial charge on any atom is 0.422 e. The number of aromatic nitrogens is 1. The van der Waals surface area contributed by atoms with Gasteiger partial charge >= 0.3 is 6.18 Å². The molecule has 0 spiro atoms. The highest BCUT2D eigenvalue weighted by Crippen LogP contribution is 2.17. The number of hydrogen-bond acceptors (Lipinski definition) is 5. The van der Waals surface area contributed by atoms with E-state index in [0.29, 0.717) is 0 Å². The number of pyridine rings is 1. The molecule has 0 aromatic carbocycles. The summed E-state index contributed by atoms with van der Waals surface area (Å²) in [5.41, 5.74) is 0.0806. The Bertz CT molecular complexity index is 683. The van der Waals surface area contributed by atoms with Crippen molar-refractivity contribution in [3.63, 3.8) is 0 Å². The number of amides is 1. The van der Waals surface area contributed by atoms with Gasteiger partial charge in [-0.2, -0.15) is 13.2 Å². The SMILES string of the molecule is O=C(NC1C=CS(=O)(=O)C1)c1ccc(OCC(F)(F)F)nc1. The van der Waals surface area contributed by atoms with Crippen molar-refractivity contribution >= 4 is 15.7 Å². The summed E-state index contributed by atoms with van der Waals surface area (Å²) in [7, 11) is -3.29. The molecule has 2 rings (SSSR count). The Balaban J connectivity index is 1.93. The Morgan fingerprint density at radius 3 is 2.64 bits per heavy atom. The Morgan fingerprint density at radius 2 is 2.14 bits per heavy atom. The number of hydrogen-bond donors (Lipinski definition) is 1. The van der Waals surface area contributed by atoms with E-state index in [2.05, 4.69) is 15.0 Å². The van der Waals surface area contributed by atoms with Gasteiger partial charge in [0.2, 0.25) is 5.88 Å². The summed E-state index contributed by atoms with van der Waals surface area (Å²) >= 11 is 0. The standard InChI is InChI=1S/C12H11F3N2O4S/c13-12(14,15)7-21-10-2-1-8(5-16-10)11(18)17-9-3-4-22(19,20)6-9/h1-5,9H,6-7H2,(H,17,18). The van der Waals surface area contributed by atoms with Crippen LogP contribution in [0.3, 0.4) is 0 Å². The lowest BCUT2D eigenvalue weighted by Crippen LogP contribution is -2.35. The van der Waals surface area contributed by atoms with Gasteiger partial charge in [-0.05, 0) is 12.1 Å². The highest BCUT2D eigenvalue weighted by molar-refractivity contribution is 7.94. The number of halogens is 3. The van der Waals surface area contributed by atoms with Crippen molar-refractivity contribution in [1.29, 1.82) is 0 Å². The first-order valence-corrected chi connectivity index (χ1v) is 7.74. The normalized spacial score (nSPS) is 19.9. The fraction of sp³-hybridized carbons (Fsp3) is 0.333. The molecule has 1 aliphatic heterocycles. The summed E-state index contributed by atoms with van der Waals surface area (Å²) in [6.45, 7) is -1.48. The third kappa shape index (κ3) is 4.72. The molecule has 1 amide bonds. The average molecular weight is 336 g/mol. The first-order chi connectivity index (χ1) is 10.1. The number of nitrogens with one attached hydrogen (secondary N) is 1. The van der Waals surface area contributed by atoms with Crippen molar-refractivity contribution in [3.05, 3.63) is 35.4 Å². The van der Waals surface area contributed by atoms with Crippen molar-refractivity contribution in [1.82, 2.24) is 10.3 Å². The van der Waals surface area contributed by atoms with E-state index < -0.39 is 34.6 Å². The number of rotatable bonds is 4. The van der Waals surface area contributed by atoms with Crippen molar-refractivity contribution in [2.24, 2.45) is 0 Å². The zero-order valence-corrected chi connectivity index (χ0v) is 11.8. The van der Waals surface area contributed by atoms with Gasteiger partial charge in [-0.15, -0.1) is 0 Å². The molecule has 22 heavy (non-hydrogen) atoms. The summed E-state index contributed by atoms with van der Waals surface area (Å²) in [6, 6.07) is 1.72. The van der Waals surface area contributed by atoms with Crippen LogP contribution in [0.25, 0.3) is 0 Å². The minimum atomic E-state index is -4.47. The maximum atomic E-state index is 12.0. The molecule has 0 aliphatic carbocycles.